The molecule has 0 aliphatic heterocycles. The van der Waals surface area contributed by atoms with Gasteiger partial charge >= 0.3 is 0 Å². The average molecular weight is 274 g/mol. The third kappa shape index (κ3) is 3.66. The number of hydrogen-bond acceptors (Lipinski definition) is 4. The Kier molecular flexibility index (Phi) is 4.50. The predicted octanol–water partition coefficient (Wildman–Crippen LogP) is 3.80. The Hall–Kier alpha value is -2.17. The lowest BCUT2D eigenvalue weighted by molar-refractivity contribution is 0.628. The van der Waals surface area contributed by atoms with Crippen LogP contribution in [0.3, 0.4) is 0 Å². The zero-order valence-electron chi connectivity index (χ0n) is 12.0. The number of rotatable bonds is 5. The van der Waals surface area contributed by atoms with E-state index in [9.17, 15) is 4.39 Å². The number of anilines is 3. The SMILES string of the molecule is CCCNc1cc(Nc2cc(F)ccc2C)nc(C)n1. The second kappa shape index (κ2) is 6.32. The molecule has 0 saturated heterocycles. The minimum atomic E-state index is -0.270. The van der Waals surface area contributed by atoms with Gasteiger partial charge in [-0.1, -0.05) is 13.0 Å². The van der Waals surface area contributed by atoms with Crippen LogP contribution in [0.15, 0.2) is 24.3 Å². The van der Waals surface area contributed by atoms with E-state index in [1.54, 1.807) is 6.07 Å². The molecule has 0 unspecified atom stereocenters. The van der Waals surface area contributed by atoms with Crippen molar-refractivity contribution >= 4 is 17.3 Å². The highest BCUT2D eigenvalue weighted by Crippen LogP contribution is 2.21. The molecule has 2 N–H and O–H groups in total. The third-order valence-corrected chi connectivity index (χ3v) is 2.86. The van der Waals surface area contributed by atoms with Crippen molar-refractivity contribution in [1.82, 2.24) is 9.97 Å². The Morgan fingerprint density at radius 1 is 1.10 bits per heavy atom. The molecule has 0 bridgehead atoms. The fraction of sp³-hybridized carbons (Fsp3) is 0.333. The number of hydrogen-bond donors (Lipinski definition) is 2. The van der Waals surface area contributed by atoms with Gasteiger partial charge in [-0.3, -0.25) is 0 Å². The van der Waals surface area contributed by atoms with Gasteiger partial charge in [-0.25, -0.2) is 14.4 Å². The van der Waals surface area contributed by atoms with Crippen molar-refractivity contribution in [1.29, 1.82) is 0 Å². The van der Waals surface area contributed by atoms with E-state index in [0.717, 1.165) is 24.3 Å². The van der Waals surface area contributed by atoms with Crippen molar-refractivity contribution in [2.75, 3.05) is 17.2 Å². The van der Waals surface area contributed by atoms with Crippen LogP contribution in [0.25, 0.3) is 0 Å². The maximum atomic E-state index is 13.3. The van der Waals surface area contributed by atoms with Crippen LogP contribution in [0, 0.1) is 19.7 Å². The number of benzene rings is 1. The smallest absolute Gasteiger partial charge is 0.136 e. The van der Waals surface area contributed by atoms with Crippen molar-refractivity contribution in [2.24, 2.45) is 0 Å². The van der Waals surface area contributed by atoms with Crippen molar-refractivity contribution < 1.29 is 4.39 Å². The zero-order chi connectivity index (χ0) is 14.5. The standard InChI is InChI=1S/C15H19FN4/c1-4-7-17-14-9-15(19-11(3)18-14)20-13-8-12(16)6-5-10(13)2/h5-6,8-9H,4,7H2,1-3H3,(H2,17,18,19,20). The van der Waals surface area contributed by atoms with Gasteiger partial charge in [0.25, 0.3) is 0 Å². The summed E-state index contributed by atoms with van der Waals surface area (Å²) in [5, 5.41) is 6.36. The van der Waals surface area contributed by atoms with Gasteiger partial charge in [-0.15, -0.1) is 0 Å². The van der Waals surface area contributed by atoms with Crippen LogP contribution in [0.4, 0.5) is 21.7 Å². The lowest BCUT2D eigenvalue weighted by atomic mass is 10.2. The van der Waals surface area contributed by atoms with Gasteiger partial charge < -0.3 is 10.6 Å². The molecule has 0 spiro atoms. The quantitative estimate of drug-likeness (QED) is 0.870. The first-order chi connectivity index (χ1) is 9.58. The molecule has 2 aromatic rings. The van der Waals surface area contributed by atoms with Gasteiger partial charge in [-0.05, 0) is 38.0 Å². The summed E-state index contributed by atoms with van der Waals surface area (Å²) in [6.45, 7) is 6.71. The molecule has 0 atom stereocenters. The molecule has 20 heavy (non-hydrogen) atoms. The molecular formula is C15H19FN4. The van der Waals surface area contributed by atoms with Crippen molar-refractivity contribution in [3.8, 4) is 0 Å². The fourth-order valence-electron chi connectivity index (χ4n) is 1.84. The van der Waals surface area contributed by atoms with E-state index < -0.39 is 0 Å². The fourth-order valence-corrected chi connectivity index (χ4v) is 1.84. The van der Waals surface area contributed by atoms with E-state index in [2.05, 4.69) is 27.5 Å². The number of nitrogens with zero attached hydrogens (tertiary/aromatic N) is 2. The first-order valence-corrected chi connectivity index (χ1v) is 6.71. The van der Waals surface area contributed by atoms with Gasteiger partial charge in [0.05, 0.1) is 0 Å². The summed E-state index contributed by atoms with van der Waals surface area (Å²) in [4.78, 5) is 8.64. The van der Waals surface area contributed by atoms with Gasteiger partial charge in [0.2, 0.25) is 0 Å². The van der Waals surface area contributed by atoms with E-state index in [4.69, 9.17) is 0 Å². The van der Waals surface area contributed by atoms with Gasteiger partial charge in [0.1, 0.15) is 23.3 Å². The summed E-state index contributed by atoms with van der Waals surface area (Å²) in [5.74, 6) is 1.83. The number of aromatic nitrogens is 2. The predicted molar refractivity (Wildman–Crippen MR) is 80.0 cm³/mol. The first-order valence-electron chi connectivity index (χ1n) is 6.71. The van der Waals surface area contributed by atoms with Crippen LogP contribution in [0.5, 0.6) is 0 Å². The van der Waals surface area contributed by atoms with Gasteiger partial charge in [0, 0.05) is 18.3 Å². The number of aryl methyl sites for hydroxylation is 2. The second-order valence-electron chi connectivity index (χ2n) is 4.70. The van der Waals surface area contributed by atoms with Crippen molar-refractivity contribution in [3.05, 3.63) is 41.5 Å². The van der Waals surface area contributed by atoms with E-state index in [1.807, 2.05) is 19.9 Å². The Balaban J connectivity index is 2.24. The van der Waals surface area contributed by atoms with E-state index in [-0.39, 0.29) is 5.82 Å². The summed E-state index contributed by atoms with van der Waals surface area (Å²) < 4.78 is 13.3. The molecular weight excluding hydrogens is 255 g/mol. The molecule has 1 heterocycles. The molecule has 0 aliphatic carbocycles. The van der Waals surface area contributed by atoms with Crippen LogP contribution in [0.1, 0.15) is 24.7 Å². The molecule has 1 aromatic heterocycles. The molecule has 0 fully saturated rings. The van der Waals surface area contributed by atoms with Crippen LogP contribution in [-0.2, 0) is 0 Å². The van der Waals surface area contributed by atoms with Gasteiger partial charge in [-0.2, -0.15) is 0 Å². The van der Waals surface area contributed by atoms with Crippen LogP contribution in [-0.4, -0.2) is 16.5 Å². The third-order valence-electron chi connectivity index (χ3n) is 2.86. The largest absolute Gasteiger partial charge is 0.370 e. The summed E-state index contributed by atoms with van der Waals surface area (Å²) in [5.41, 5.74) is 1.68. The molecule has 106 valence electrons. The van der Waals surface area contributed by atoms with Gasteiger partial charge in [0.15, 0.2) is 0 Å². The molecule has 0 aliphatic rings. The van der Waals surface area contributed by atoms with Crippen LogP contribution >= 0.6 is 0 Å². The Morgan fingerprint density at radius 2 is 1.85 bits per heavy atom. The highest BCUT2D eigenvalue weighted by atomic mass is 19.1. The molecule has 0 saturated carbocycles. The zero-order valence-corrected chi connectivity index (χ0v) is 12.0. The summed E-state index contributed by atoms with van der Waals surface area (Å²) in [6, 6.07) is 6.47. The Bertz CT molecular complexity index is 598. The molecule has 1 aromatic carbocycles. The monoisotopic (exact) mass is 274 g/mol. The molecule has 4 nitrogen and oxygen atoms in total. The summed E-state index contributed by atoms with van der Waals surface area (Å²) in [7, 11) is 0. The molecule has 0 radical (unpaired) electrons. The van der Waals surface area contributed by atoms with E-state index >= 15 is 0 Å². The minimum Gasteiger partial charge on any atom is -0.370 e. The molecule has 5 heteroatoms. The molecule has 2 rings (SSSR count). The highest BCUT2D eigenvalue weighted by molar-refractivity contribution is 5.62. The second-order valence-corrected chi connectivity index (χ2v) is 4.70. The topological polar surface area (TPSA) is 49.8 Å². The van der Waals surface area contributed by atoms with Crippen LogP contribution in [0.2, 0.25) is 0 Å². The maximum Gasteiger partial charge on any atom is 0.136 e. The Morgan fingerprint density at radius 3 is 2.60 bits per heavy atom. The highest BCUT2D eigenvalue weighted by Gasteiger charge is 2.05. The lowest BCUT2D eigenvalue weighted by Gasteiger charge is -2.11. The van der Waals surface area contributed by atoms with E-state index in [0.29, 0.717) is 17.3 Å². The maximum absolute atomic E-state index is 13.3. The van der Waals surface area contributed by atoms with E-state index in [1.165, 1.54) is 12.1 Å². The first kappa shape index (κ1) is 14.2. The molecule has 0 amide bonds. The van der Waals surface area contributed by atoms with Crippen LogP contribution < -0.4 is 10.6 Å². The number of nitrogens with one attached hydrogen (secondary N) is 2. The Labute approximate surface area is 118 Å². The summed E-state index contributed by atoms with van der Waals surface area (Å²) >= 11 is 0. The number of halogens is 1. The van der Waals surface area contributed by atoms with Crippen molar-refractivity contribution in [2.45, 2.75) is 27.2 Å². The average Bonchev–Trinajstić information content (AvgIpc) is 2.40. The summed E-state index contributed by atoms with van der Waals surface area (Å²) in [6.07, 6.45) is 1.02. The lowest BCUT2D eigenvalue weighted by Crippen LogP contribution is -2.06. The minimum absolute atomic E-state index is 0.270. The normalized spacial score (nSPS) is 10.4. The van der Waals surface area contributed by atoms with Crippen molar-refractivity contribution in [3.63, 3.8) is 0 Å².